The van der Waals surface area contributed by atoms with Gasteiger partial charge in [-0.1, -0.05) is 67.6 Å². The van der Waals surface area contributed by atoms with Gasteiger partial charge in [0.05, 0.1) is 30.4 Å². The summed E-state index contributed by atoms with van der Waals surface area (Å²) in [5.74, 6) is 0.775. The second kappa shape index (κ2) is 13.9. The second-order valence-electron chi connectivity index (χ2n) is 12.3. The topological polar surface area (TPSA) is 155 Å². The summed E-state index contributed by atoms with van der Waals surface area (Å²) in [6.07, 6.45) is 4.55. The van der Waals surface area contributed by atoms with Gasteiger partial charge in [0.25, 0.3) is 0 Å². The molecule has 12 nitrogen and oxygen atoms in total. The van der Waals surface area contributed by atoms with Gasteiger partial charge in [0, 0.05) is 44.1 Å². The zero-order valence-corrected chi connectivity index (χ0v) is 27.0. The fourth-order valence-electron chi connectivity index (χ4n) is 6.35. The Balaban J connectivity index is 1.33. The number of hydrogen-bond acceptors (Lipinski definition) is 9. The number of amides is 1. The molecular formula is C35H43N9O3. The highest BCUT2D eigenvalue weighted by molar-refractivity contribution is 5.84. The van der Waals surface area contributed by atoms with Gasteiger partial charge in [-0.25, -0.2) is 9.97 Å². The Morgan fingerprint density at radius 3 is 2.28 bits per heavy atom. The molecule has 0 radical (unpaired) electrons. The standard InChI is InChI=1S/C35H43N9O3/c1-4-28(45)40-26-18-27(31(47)30(26)46)44-22-39-29-32(41-34(42-33(29)44)36-17-16-25-19-43(5-2)21-38-25)37-20-35(3,23-12-8-6-9-13-23)24-14-10-7-11-15-24/h6-15,19,21-22,26-27,30-31,46-47H,4-5,16-18,20H2,1-3H3,(H,40,45)(H2,36,37,41,42)/t26-,27+,30+,31-/m0/s1. The summed E-state index contributed by atoms with van der Waals surface area (Å²) in [7, 11) is 0. The van der Waals surface area contributed by atoms with Gasteiger partial charge in [-0.2, -0.15) is 9.97 Å². The number of imidazole rings is 2. The molecule has 1 saturated carbocycles. The van der Waals surface area contributed by atoms with Gasteiger partial charge in [0.15, 0.2) is 17.0 Å². The van der Waals surface area contributed by atoms with E-state index in [4.69, 9.17) is 15.0 Å². The van der Waals surface area contributed by atoms with E-state index in [1.165, 1.54) is 0 Å². The maximum atomic E-state index is 12.1. The highest BCUT2D eigenvalue weighted by atomic mass is 16.3. The number of benzene rings is 2. The van der Waals surface area contributed by atoms with E-state index in [1.807, 2.05) is 53.5 Å². The number of rotatable bonds is 13. The molecule has 12 heteroatoms. The van der Waals surface area contributed by atoms with E-state index in [9.17, 15) is 15.0 Å². The molecule has 6 rings (SSSR count). The molecule has 0 spiro atoms. The van der Waals surface area contributed by atoms with Crippen molar-refractivity contribution in [3.05, 3.63) is 96.3 Å². The van der Waals surface area contributed by atoms with Crippen LogP contribution in [-0.4, -0.2) is 76.5 Å². The van der Waals surface area contributed by atoms with Crippen molar-refractivity contribution in [1.82, 2.24) is 34.4 Å². The van der Waals surface area contributed by atoms with Crippen LogP contribution in [0.15, 0.2) is 79.5 Å². The van der Waals surface area contributed by atoms with Crippen molar-refractivity contribution in [3.8, 4) is 0 Å². The Kier molecular flexibility index (Phi) is 9.50. The van der Waals surface area contributed by atoms with E-state index in [1.54, 1.807) is 17.8 Å². The van der Waals surface area contributed by atoms with E-state index in [2.05, 4.69) is 59.0 Å². The third-order valence-electron chi connectivity index (χ3n) is 9.25. The Labute approximate surface area is 274 Å². The van der Waals surface area contributed by atoms with E-state index in [-0.39, 0.29) is 5.91 Å². The maximum absolute atomic E-state index is 12.1. The first-order valence-electron chi connectivity index (χ1n) is 16.3. The van der Waals surface area contributed by atoms with Crippen LogP contribution < -0.4 is 16.0 Å². The molecule has 0 bridgehead atoms. The Morgan fingerprint density at radius 1 is 0.936 bits per heavy atom. The number of fused-ring (bicyclic) bond motifs is 1. The van der Waals surface area contributed by atoms with Crippen LogP contribution in [0, 0.1) is 0 Å². The Hall–Kier alpha value is -4.81. The highest BCUT2D eigenvalue weighted by Crippen LogP contribution is 2.36. The lowest BCUT2D eigenvalue weighted by Crippen LogP contribution is -2.42. The third kappa shape index (κ3) is 6.70. The molecular weight excluding hydrogens is 594 g/mol. The predicted molar refractivity (Wildman–Crippen MR) is 181 cm³/mol. The van der Waals surface area contributed by atoms with Gasteiger partial charge in [0.1, 0.15) is 12.2 Å². The number of anilines is 2. The van der Waals surface area contributed by atoms with E-state index < -0.39 is 29.7 Å². The largest absolute Gasteiger partial charge is 0.388 e. The fraction of sp³-hybridized carbons (Fsp3) is 0.400. The van der Waals surface area contributed by atoms with Crippen molar-refractivity contribution in [2.24, 2.45) is 0 Å². The molecule has 246 valence electrons. The lowest BCUT2D eigenvalue weighted by Gasteiger charge is -2.31. The Bertz CT molecular complexity index is 1750. The summed E-state index contributed by atoms with van der Waals surface area (Å²) in [5.41, 5.74) is 3.94. The lowest BCUT2D eigenvalue weighted by molar-refractivity contribution is -0.122. The van der Waals surface area contributed by atoms with Gasteiger partial charge in [-0.3, -0.25) is 4.79 Å². The lowest BCUT2D eigenvalue weighted by atomic mass is 9.76. The van der Waals surface area contributed by atoms with Gasteiger partial charge in [-0.05, 0) is 31.4 Å². The van der Waals surface area contributed by atoms with Crippen molar-refractivity contribution in [1.29, 1.82) is 0 Å². The predicted octanol–water partition coefficient (Wildman–Crippen LogP) is 3.68. The van der Waals surface area contributed by atoms with Gasteiger partial charge in [-0.15, -0.1) is 0 Å². The highest BCUT2D eigenvalue weighted by Gasteiger charge is 2.44. The number of aliphatic hydroxyl groups is 2. The van der Waals surface area contributed by atoms with Gasteiger partial charge >= 0.3 is 0 Å². The molecule has 3 aromatic heterocycles. The number of nitrogens with one attached hydrogen (secondary N) is 3. The average molecular weight is 638 g/mol. The molecule has 0 unspecified atom stereocenters. The normalized spacial score (nSPS) is 19.6. The Morgan fingerprint density at radius 2 is 1.64 bits per heavy atom. The van der Waals surface area contributed by atoms with Crippen LogP contribution in [-0.2, 0) is 23.2 Å². The molecule has 4 atom stereocenters. The minimum Gasteiger partial charge on any atom is -0.388 e. The molecule has 1 aliphatic carbocycles. The van der Waals surface area contributed by atoms with Crippen LogP contribution >= 0.6 is 0 Å². The number of carbonyl (C=O) groups excluding carboxylic acids is 1. The van der Waals surface area contributed by atoms with Crippen molar-refractivity contribution in [2.45, 2.75) is 76.3 Å². The van der Waals surface area contributed by atoms with Crippen LogP contribution in [0.1, 0.15) is 56.5 Å². The van der Waals surface area contributed by atoms with E-state index >= 15 is 0 Å². The first-order valence-corrected chi connectivity index (χ1v) is 16.3. The quantitative estimate of drug-likeness (QED) is 0.130. The van der Waals surface area contributed by atoms with Crippen LogP contribution in [0.3, 0.4) is 0 Å². The molecule has 3 heterocycles. The maximum Gasteiger partial charge on any atom is 0.226 e. The minimum absolute atomic E-state index is 0.179. The van der Waals surface area contributed by atoms with Gasteiger partial charge < -0.3 is 35.3 Å². The SMILES string of the molecule is CCC(=O)N[C@H]1C[C@@H](n2cnc3c(NCC(C)(c4ccccc4)c4ccccc4)nc(NCCc4cn(CC)cn4)nc32)[C@H](O)[C@@H]1O. The van der Waals surface area contributed by atoms with Crippen LogP contribution in [0.2, 0.25) is 0 Å². The summed E-state index contributed by atoms with van der Waals surface area (Å²) in [5, 5.41) is 31.7. The van der Waals surface area contributed by atoms with Crippen molar-refractivity contribution >= 4 is 28.8 Å². The van der Waals surface area contributed by atoms with E-state index in [0.29, 0.717) is 55.3 Å². The summed E-state index contributed by atoms with van der Waals surface area (Å²) < 4.78 is 3.82. The number of aryl methyl sites for hydroxylation is 1. The number of carbonyl (C=O) groups is 1. The summed E-state index contributed by atoms with van der Waals surface area (Å²) >= 11 is 0. The third-order valence-corrected chi connectivity index (χ3v) is 9.25. The van der Waals surface area contributed by atoms with Crippen molar-refractivity contribution < 1.29 is 15.0 Å². The van der Waals surface area contributed by atoms with Crippen molar-refractivity contribution in [3.63, 3.8) is 0 Å². The average Bonchev–Trinajstić information content (AvgIpc) is 3.82. The monoisotopic (exact) mass is 637 g/mol. The zero-order chi connectivity index (χ0) is 33.0. The minimum atomic E-state index is -1.12. The number of aromatic nitrogens is 6. The molecule has 0 saturated heterocycles. The smallest absolute Gasteiger partial charge is 0.226 e. The van der Waals surface area contributed by atoms with Gasteiger partial charge in [0.2, 0.25) is 11.9 Å². The molecule has 0 aliphatic heterocycles. The van der Waals surface area contributed by atoms with E-state index in [0.717, 1.165) is 23.4 Å². The molecule has 1 fully saturated rings. The first-order chi connectivity index (χ1) is 22.8. The number of aliphatic hydroxyl groups excluding tert-OH is 2. The summed E-state index contributed by atoms with van der Waals surface area (Å²) in [4.78, 5) is 31.0. The molecule has 2 aromatic carbocycles. The molecule has 1 amide bonds. The molecule has 1 aliphatic rings. The van der Waals surface area contributed by atoms with Crippen LogP contribution in [0.5, 0.6) is 0 Å². The number of hydrogen-bond donors (Lipinski definition) is 5. The van der Waals surface area contributed by atoms with Crippen LogP contribution in [0.4, 0.5) is 11.8 Å². The molecule has 5 N–H and O–H groups in total. The molecule has 5 aromatic rings. The number of nitrogens with zero attached hydrogens (tertiary/aromatic N) is 6. The van der Waals surface area contributed by atoms with Crippen molar-refractivity contribution in [2.75, 3.05) is 23.7 Å². The summed E-state index contributed by atoms with van der Waals surface area (Å²) in [6.45, 7) is 7.96. The molecule has 47 heavy (non-hydrogen) atoms. The summed E-state index contributed by atoms with van der Waals surface area (Å²) in [6, 6.07) is 19.6. The first kappa shape index (κ1) is 32.1. The van der Waals surface area contributed by atoms with Crippen LogP contribution in [0.25, 0.3) is 11.2 Å². The zero-order valence-electron chi connectivity index (χ0n) is 27.0. The fourth-order valence-corrected chi connectivity index (χ4v) is 6.35. The second-order valence-corrected chi connectivity index (χ2v) is 12.3.